The molecule has 0 bridgehead atoms. The predicted molar refractivity (Wildman–Crippen MR) is 91.5 cm³/mol. The van der Waals surface area contributed by atoms with Crippen LogP contribution in [0.25, 0.3) is 11.1 Å². The molecular formula is C18H16ClF4NO3. The van der Waals surface area contributed by atoms with E-state index in [1.165, 1.54) is 6.92 Å². The van der Waals surface area contributed by atoms with Crippen LogP contribution in [0.2, 0.25) is 5.02 Å². The number of carbonyl (C=O) groups is 1. The van der Waals surface area contributed by atoms with Crippen LogP contribution in [0.15, 0.2) is 24.4 Å². The predicted octanol–water partition coefficient (Wildman–Crippen LogP) is 5.54. The Labute approximate surface area is 157 Å². The van der Waals surface area contributed by atoms with E-state index in [2.05, 4.69) is 4.98 Å². The Hall–Kier alpha value is -2.35. The van der Waals surface area contributed by atoms with Crippen molar-refractivity contribution < 1.29 is 32.2 Å². The van der Waals surface area contributed by atoms with Crippen molar-refractivity contribution in [2.45, 2.75) is 39.0 Å². The summed E-state index contributed by atoms with van der Waals surface area (Å²) in [5.41, 5.74) is -1.28. The van der Waals surface area contributed by atoms with E-state index in [0.29, 0.717) is 6.07 Å². The second-order valence-corrected chi connectivity index (χ2v) is 6.53. The topological polar surface area (TPSA) is 59.4 Å². The van der Waals surface area contributed by atoms with Gasteiger partial charge in [-0.05, 0) is 32.9 Å². The van der Waals surface area contributed by atoms with Crippen LogP contribution in [0.5, 0.6) is 5.75 Å². The highest BCUT2D eigenvalue weighted by Gasteiger charge is 2.33. The number of carboxylic acid groups (broad SMARTS) is 1. The molecule has 2 rings (SSSR count). The maximum atomic E-state index is 14.8. The van der Waals surface area contributed by atoms with Crippen LogP contribution in [-0.4, -0.2) is 22.2 Å². The number of aliphatic carboxylic acids is 1. The maximum absolute atomic E-state index is 14.8. The lowest BCUT2D eigenvalue weighted by molar-refractivity contribution is -0.141. The molecular weight excluding hydrogens is 390 g/mol. The highest BCUT2D eigenvalue weighted by atomic mass is 35.5. The molecule has 0 aliphatic heterocycles. The van der Waals surface area contributed by atoms with E-state index in [1.54, 1.807) is 13.8 Å². The number of carboxylic acids is 1. The number of ether oxygens (including phenoxy) is 1. The van der Waals surface area contributed by atoms with Crippen molar-refractivity contribution in [1.29, 1.82) is 0 Å². The fourth-order valence-corrected chi connectivity index (χ4v) is 2.63. The fourth-order valence-electron chi connectivity index (χ4n) is 2.41. The summed E-state index contributed by atoms with van der Waals surface area (Å²) in [7, 11) is 0. The lowest BCUT2D eigenvalue weighted by Crippen LogP contribution is -2.15. The van der Waals surface area contributed by atoms with Crippen molar-refractivity contribution in [3.8, 4) is 16.9 Å². The largest absolute Gasteiger partial charge is 0.490 e. The van der Waals surface area contributed by atoms with Gasteiger partial charge in [-0.25, -0.2) is 4.39 Å². The van der Waals surface area contributed by atoms with Gasteiger partial charge >= 0.3 is 12.1 Å². The summed E-state index contributed by atoms with van der Waals surface area (Å²) in [6.45, 7) is 4.67. The molecule has 0 spiro atoms. The molecule has 2 aromatic rings. The standard InChI is InChI=1S/C18H16ClF4NO3/c1-8(2)27-16-11(9(3)17(25)26)6-12(19)15(20)14(16)10-4-5-13(24-7-10)18(21,22)23/h4-9H,1-3H3,(H,25,26)/t9-/m0/s1. The first kappa shape index (κ1) is 21.0. The normalized spacial score (nSPS) is 12.9. The van der Waals surface area contributed by atoms with Crippen molar-refractivity contribution in [1.82, 2.24) is 4.98 Å². The summed E-state index contributed by atoms with van der Waals surface area (Å²) < 4.78 is 58.6. The molecule has 1 N–H and O–H groups in total. The Balaban J connectivity index is 2.75. The van der Waals surface area contributed by atoms with Gasteiger partial charge in [0.05, 0.1) is 22.6 Å². The van der Waals surface area contributed by atoms with Crippen LogP contribution < -0.4 is 4.74 Å². The number of nitrogens with zero attached hydrogens (tertiary/aromatic N) is 1. The van der Waals surface area contributed by atoms with Crippen molar-refractivity contribution in [3.63, 3.8) is 0 Å². The fraction of sp³-hybridized carbons (Fsp3) is 0.333. The molecule has 9 heteroatoms. The van der Waals surface area contributed by atoms with Gasteiger partial charge in [-0.1, -0.05) is 17.7 Å². The summed E-state index contributed by atoms with van der Waals surface area (Å²) in [4.78, 5) is 14.7. The minimum absolute atomic E-state index is 0.0162. The number of rotatable bonds is 5. The van der Waals surface area contributed by atoms with Gasteiger partial charge in [0.1, 0.15) is 11.4 Å². The third-order valence-electron chi connectivity index (χ3n) is 3.73. The zero-order chi connectivity index (χ0) is 20.5. The minimum atomic E-state index is -4.65. The molecule has 0 fully saturated rings. The van der Waals surface area contributed by atoms with Gasteiger partial charge in [0.2, 0.25) is 0 Å². The number of pyridine rings is 1. The first-order chi connectivity index (χ1) is 12.4. The van der Waals surface area contributed by atoms with Gasteiger partial charge in [-0.15, -0.1) is 0 Å². The molecule has 0 aliphatic carbocycles. The molecule has 1 atom stereocenters. The second-order valence-electron chi connectivity index (χ2n) is 6.12. The van der Waals surface area contributed by atoms with Crippen LogP contribution in [0.4, 0.5) is 17.6 Å². The van der Waals surface area contributed by atoms with Crippen molar-refractivity contribution in [2.24, 2.45) is 0 Å². The number of halogens is 5. The minimum Gasteiger partial charge on any atom is -0.490 e. The second kappa shape index (κ2) is 7.72. The highest BCUT2D eigenvalue weighted by molar-refractivity contribution is 6.31. The lowest BCUT2D eigenvalue weighted by Gasteiger charge is -2.22. The Bertz CT molecular complexity index is 851. The van der Waals surface area contributed by atoms with E-state index < -0.39 is 35.7 Å². The van der Waals surface area contributed by atoms with E-state index in [9.17, 15) is 27.5 Å². The van der Waals surface area contributed by atoms with Crippen LogP contribution in [-0.2, 0) is 11.0 Å². The monoisotopic (exact) mass is 405 g/mol. The summed E-state index contributed by atoms with van der Waals surface area (Å²) in [6, 6.07) is 2.89. The van der Waals surface area contributed by atoms with Gasteiger partial charge in [0.25, 0.3) is 0 Å². The molecule has 0 aliphatic rings. The summed E-state index contributed by atoms with van der Waals surface area (Å²) in [5.74, 6) is -3.31. The van der Waals surface area contributed by atoms with Crippen molar-refractivity contribution in [3.05, 3.63) is 46.5 Å². The third-order valence-corrected chi connectivity index (χ3v) is 4.01. The number of benzene rings is 1. The average Bonchev–Trinajstić information content (AvgIpc) is 2.56. The molecule has 0 amide bonds. The van der Waals surface area contributed by atoms with Gasteiger partial charge in [0.15, 0.2) is 5.82 Å². The molecule has 0 radical (unpaired) electrons. The maximum Gasteiger partial charge on any atom is 0.433 e. The SMILES string of the molecule is CC(C)Oc1c([C@H](C)C(=O)O)cc(Cl)c(F)c1-c1ccc(C(F)(F)F)nc1. The van der Waals surface area contributed by atoms with Gasteiger partial charge in [-0.2, -0.15) is 13.2 Å². The summed E-state index contributed by atoms with van der Waals surface area (Å²) in [6.07, 6.45) is -4.25. The Kier molecular flexibility index (Phi) is 5.99. The molecule has 0 saturated carbocycles. The quantitative estimate of drug-likeness (QED) is 0.664. The van der Waals surface area contributed by atoms with Crippen LogP contribution in [0, 0.1) is 5.82 Å². The zero-order valence-electron chi connectivity index (χ0n) is 14.6. The molecule has 146 valence electrons. The van der Waals surface area contributed by atoms with Gasteiger partial charge in [-0.3, -0.25) is 9.78 Å². The molecule has 1 aromatic carbocycles. The molecule has 1 aromatic heterocycles. The van der Waals surface area contributed by atoms with Crippen LogP contribution in [0.1, 0.15) is 37.9 Å². The first-order valence-corrected chi connectivity index (χ1v) is 8.26. The van der Waals surface area contributed by atoms with E-state index in [4.69, 9.17) is 16.3 Å². The molecule has 27 heavy (non-hydrogen) atoms. The molecule has 1 heterocycles. The van der Waals surface area contributed by atoms with E-state index >= 15 is 0 Å². The smallest absolute Gasteiger partial charge is 0.433 e. The van der Waals surface area contributed by atoms with E-state index in [1.807, 2.05) is 0 Å². The lowest BCUT2D eigenvalue weighted by atomic mass is 9.94. The van der Waals surface area contributed by atoms with E-state index in [0.717, 1.165) is 18.3 Å². The summed E-state index contributed by atoms with van der Waals surface area (Å²) in [5, 5.41) is 8.94. The van der Waals surface area contributed by atoms with Crippen molar-refractivity contribution >= 4 is 17.6 Å². The van der Waals surface area contributed by atoms with Gasteiger partial charge < -0.3 is 9.84 Å². The van der Waals surface area contributed by atoms with E-state index in [-0.39, 0.29) is 27.5 Å². The molecule has 0 unspecified atom stereocenters. The zero-order valence-corrected chi connectivity index (χ0v) is 15.3. The third kappa shape index (κ3) is 4.50. The van der Waals surface area contributed by atoms with Crippen molar-refractivity contribution in [2.75, 3.05) is 0 Å². The van der Waals surface area contributed by atoms with Crippen LogP contribution in [0.3, 0.4) is 0 Å². The number of alkyl halides is 3. The Morgan fingerprint density at radius 3 is 2.33 bits per heavy atom. The number of hydrogen-bond donors (Lipinski definition) is 1. The van der Waals surface area contributed by atoms with Gasteiger partial charge in [0, 0.05) is 17.3 Å². The molecule has 0 saturated heterocycles. The first-order valence-electron chi connectivity index (χ1n) is 7.88. The highest BCUT2D eigenvalue weighted by Crippen LogP contribution is 2.43. The Morgan fingerprint density at radius 2 is 1.89 bits per heavy atom. The molecule has 4 nitrogen and oxygen atoms in total. The van der Waals surface area contributed by atoms with Crippen LogP contribution >= 0.6 is 11.6 Å². The number of aromatic nitrogens is 1. The Morgan fingerprint density at radius 1 is 1.26 bits per heavy atom. The average molecular weight is 406 g/mol. The summed E-state index contributed by atoms with van der Waals surface area (Å²) >= 11 is 5.91. The number of hydrogen-bond acceptors (Lipinski definition) is 3.